The summed E-state index contributed by atoms with van der Waals surface area (Å²) in [5, 5.41) is 3.28. The van der Waals surface area contributed by atoms with E-state index < -0.39 is 10.0 Å². The van der Waals surface area contributed by atoms with Crippen LogP contribution in [0.25, 0.3) is 0 Å². The van der Waals surface area contributed by atoms with E-state index >= 15 is 0 Å². The Labute approximate surface area is 114 Å². The third-order valence-corrected chi connectivity index (χ3v) is 6.05. The number of piperidine rings is 1. The molecule has 2 heterocycles. The van der Waals surface area contributed by atoms with E-state index in [1.54, 1.807) is 4.31 Å². The van der Waals surface area contributed by atoms with Crippen molar-refractivity contribution in [3.05, 3.63) is 35.4 Å². The standard InChI is InChI=1S/C14H20N2O2S/c17-19(18,11-12-5-7-15-8-6-12)16-9-13-3-1-2-4-14(13)10-16/h1-4,12,15H,5-11H2. The predicted octanol–water partition coefficient (Wildman–Crippen LogP) is 1.33. The van der Waals surface area contributed by atoms with Crippen molar-refractivity contribution in [1.29, 1.82) is 0 Å². The van der Waals surface area contributed by atoms with Gasteiger partial charge in [0, 0.05) is 13.1 Å². The molecule has 2 aliphatic heterocycles. The molecule has 0 spiro atoms. The summed E-state index contributed by atoms with van der Waals surface area (Å²) in [5.41, 5.74) is 2.30. The Morgan fingerprint density at radius 2 is 1.68 bits per heavy atom. The van der Waals surface area contributed by atoms with Crippen LogP contribution in [0.3, 0.4) is 0 Å². The summed E-state index contributed by atoms with van der Waals surface area (Å²) < 4.78 is 26.6. The van der Waals surface area contributed by atoms with Gasteiger partial charge in [-0.3, -0.25) is 0 Å². The van der Waals surface area contributed by atoms with E-state index in [0.29, 0.717) is 24.8 Å². The third kappa shape index (κ3) is 2.83. The number of sulfonamides is 1. The Kier molecular flexibility index (Phi) is 3.60. The van der Waals surface area contributed by atoms with Crippen LogP contribution in [-0.4, -0.2) is 31.6 Å². The molecule has 3 rings (SSSR count). The molecule has 104 valence electrons. The average Bonchev–Trinajstić information content (AvgIpc) is 2.84. The molecular formula is C14H20N2O2S. The van der Waals surface area contributed by atoms with Gasteiger partial charge in [0.25, 0.3) is 0 Å². The maximum Gasteiger partial charge on any atom is 0.214 e. The molecule has 0 radical (unpaired) electrons. The van der Waals surface area contributed by atoms with Crippen molar-refractivity contribution in [3.8, 4) is 0 Å². The van der Waals surface area contributed by atoms with Gasteiger partial charge >= 0.3 is 0 Å². The molecule has 0 amide bonds. The van der Waals surface area contributed by atoms with E-state index in [4.69, 9.17) is 0 Å². The summed E-state index contributed by atoms with van der Waals surface area (Å²) in [6.07, 6.45) is 1.94. The maximum absolute atomic E-state index is 12.5. The van der Waals surface area contributed by atoms with Gasteiger partial charge in [-0.1, -0.05) is 24.3 Å². The zero-order valence-corrected chi connectivity index (χ0v) is 11.8. The minimum absolute atomic E-state index is 0.308. The van der Waals surface area contributed by atoms with E-state index in [1.165, 1.54) is 0 Å². The van der Waals surface area contributed by atoms with Gasteiger partial charge in [-0.2, -0.15) is 4.31 Å². The number of hydrogen-bond acceptors (Lipinski definition) is 3. The first-order valence-corrected chi connectivity index (χ1v) is 8.51. The zero-order chi connectivity index (χ0) is 13.3. The summed E-state index contributed by atoms with van der Waals surface area (Å²) in [6.45, 7) is 2.98. The lowest BCUT2D eigenvalue weighted by atomic mass is 10.0. The number of nitrogens with zero attached hydrogens (tertiary/aromatic N) is 1. The highest BCUT2D eigenvalue weighted by atomic mass is 32.2. The Morgan fingerprint density at radius 1 is 1.11 bits per heavy atom. The number of hydrogen-bond donors (Lipinski definition) is 1. The fraction of sp³-hybridized carbons (Fsp3) is 0.571. The highest BCUT2D eigenvalue weighted by molar-refractivity contribution is 7.89. The molecule has 0 unspecified atom stereocenters. The van der Waals surface area contributed by atoms with Crippen LogP contribution in [0.4, 0.5) is 0 Å². The Balaban J connectivity index is 1.69. The Morgan fingerprint density at radius 3 is 2.26 bits per heavy atom. The fourth-order valence-corrected chi connectivity index (χ4v) is 4.76. The summed E-state index contributed by atoms with van der Waals surface area (Å²) in [5.74, 6) is 0.623. The Bertz CT molecular complexity index is 525. The minimum Gasteiger partial charge on any atom is -0.317 e. The molecule has 0 bridgehead atoms. The molecule has 1 aromatic carbocycles. The second kappa shape index (κ2) is 5.23. The van der Waals surface area contributed by atoms with E-state index in [9.17, 15) is 8.42 Å². The van der Waals surface area contributed by atoms with Gasteiger partial charge in [0.05, 0.1) is 5.75 Å². The molecule has 0 saturated carbocycles. The molecule has 19 heavy (non-hydrogen) atoms. The molecule has 5 heteroatoms. The molecule has 0 aromatic heterocycles. The van der Waals surface area contributed by atoms with Crippen molar-refractivity contribution in [1.82, 2.24) is 9.62 Å². The summed E-state index contributed by atoms with van der Waals surface area (Å²) in [6, 6.07) is 7.99. The summed E-state index contributed by atoms with van der Waals surface area (Å²) in [7, 11) is -3.12. The lowest BCUT2D eigenvalue weighted by Gasteiger charge is -2.25. The van der Waals surface area contributed by atoms with Crippen LogP contribution >= 0.6 is 0 Å². The van der Waals surface area contributed by atoms with Gasteiger partial charge in [0.1, 0.15) is 0 Å². The largest absolute Gasteiger partial charge is 0.317 e. The average molecular weight is 280 g/mol. The van der Waals surface area contributed by atoms with Crippen molar-refractivity contribution >= 4 is 10.0 Å². The molecule has 0 aliphatic carbocycles. The summed E-state index contributed by atoms with van der Waals surface area (Å²) >= 11 is 0. The lowest BCUT2D eigenvalue weighted by molar-refractivity contribution is 0.380. The fourth-order valence-electron chi connectivity index (χ4n) is 2.95. The number of nitrogens with one attached hydrogen (secondary N) is 1. The van der Waals surface area contributed by atoms with E-state index in [-0.39, 0.29) is 0 Å². The van der Waals surface area contributed by atoms with Crippen LogP contribution in [0.5, 0.6) is 0 Å². The van der Waals surface area contributed by atoms with Gasteiger partial charge in [0.2, 0.25) is 10.0 Å². The molecule has 1 aromatic rings. The van der Waals surface area contributed by atoms with Crippen LogP contribution in [0.2, 0.25) is 0 Å². The minimum atomic E-state index is -3.12. The van der Waals surface area contributed by atoms with Crippen molar-refractivity contribution in [2.45, 2.75) is 25.9 Å². The molecule has 0 atom stereocenters. The van der Waals surface area contributed by atoms with Gasteiger partial charge in [-0.15, -0.1) is 0 Å². The van der Waals surface area contributed by atoms with Crippen LogP contribution < -0.4 is 5.32 Å². The predicted molar refractivity (Wildman–Crippen MR) is 75.1 cm³/mol. The number of fused-ring (bicyclic) bond motifs is 1. The quantitative estimate of drug-likeness (QED) is 0.909. The van der Waals surface area contributed by atoms with Gasteiger partial charge in [0.15, 0.2) is 0 Å². The van der Waals surface area contributed by atoms with Crippen LogP contribution in [0.15, 0.2) is 24.3 Å². The normalized spacial score (nSPS) is 21.5. The van der Waals surface area contributed by atoms with Gasteiger partial charge in [-0.25, -0.2) is 8.42 Å². The van der Waals surface area contributed by atoms with E-state index in [2.05, 4.69) is 5.32 Å². The first-order chi connectivity index (χ1) is 9.15. The number of rotatable bonds is 3. The second-order valence-electron chi connectivity index (χ2n) is 5.51. The number of benzene rings is 1. The molecule has 1 fully saturated rings. The van der Waals surface area contributed by atoms with Crippen molar-refractivity contribution in [3.63, 3.8) is 0 Å². The topological polar surface area (TPSA) is 49.4 Å². The van der Waals surface area contributed by atoms with E-state index in [1.807, 2.05) is 24.3 Å². The van der Waals surface area contributed by atoms with Crippen molar-refractivity contribution in [2.24, 2.45) is 5.92 Å². The first kappa shape index (κ1) is 13.1. The molecule has 4 nitrogen and oxygen atoms in total. The van der Waals surface area contributed by atoms with Crippen LogP contribution in [0, 0.1) is 5.92 Å². The molecular weight excluding hydrogens is 260 g/mol. The summed E-state index contributed by atoms with van der Waals surface area (Å²) in [4.78, 5) is 0. The van der Waals surface area contributed by atoms with Crippen molar-refractivity contribution < 1.29 is 8.42 Å². The highest BCUT2D eigenvalue weighted by Crippen LogP contribution is 2.27. The molecule has 1 N–H and O–H groups in total. The van der Waals surface area contributed by atoms with Gasteiger partial charge in [-0.05, 0) is 43.0 Å². The molecule has 1 saturated heterocycles. The van der Waals surface area contributed by atoms with Crippen LogP contribution in [0.1, 0.15) is 24.0 Å². The first-order valence-electron chi connectivity index (χ1n) is 6.90. The molecule has 2 aliphatic rings. The maximum atomic E-state index is 12.5. The monoisotopic (exact) mass is 280 g/mol. The van der Waals surface area contributed by atoms with E-state index in [0.717, 1.165) is 37.1 Å². The zero-order valence-electron chi connectivity index (χ0n) is 11.0. The van der Waals surface area contributed by atoms with Crippen LogP contribution in [-0.2, 0) is 23.1 Å². The second-order valence-corrected chi connectivity index (χ2v) is 7.52. The van der Waals surface area contributed by atoms with Crippen molar-refractivity contribution in [2.75, 3.05) is 18.8 Å². The van der Waals surface area contributed by atoms with Gasteiger partial charge < -0.3 is 5.32 Å². The third-order valence-electron chi connectivity index (χ3n) is 4.11. The lowest BCUT2D eigenvalue weighted by Crippen LogP contribution is -2.36. The smallest absolute Gasteiger partial charge is 0.214 e. The SMILES string of the molecule is O=S(=O)(CC1CCNCC1)N1Cc2ccccc2C1. The Hall–Kier alpha value is -0.910. The highest BCUT2D eigenvalue weighted by Gasteiger charge is 2.31.